The second-order valence-electron chi connectivity index (χ2n) is 4.63. The highest BCUT2D eigenvalue weighted by molar-refractivity contribution is 5.78. The van der Waals surface area contributed by atoms with Gasteiger partial charge >= 0.3 is 0 Å². The van der Waals surface area contributed by atoms with Crippen molar-refractivity contribution in [3.05, 3.63) is 12.2 Å². The molecule has 1 unspecified atom stereocenters. The zero-order valence-electron chi connectivity index (χ0n) is 9.68. The number of nitrogens with two attached hydrogens (primary N) is 1. The second kappa shape index (κ2) is 5.16. The summed E-state index contributed by atoms with van der Waals surface area (Å²) in [7, 11) is 0. The Hall–Kier alpha value is -1.03. The van der Waals surface area contributed by atoms with Crippen molar-refractivity contribution in [1.29, 1.82) is 0 Å². The van der Waals surface area contributed by atoms with Crippen molar-refractivity contribution in [1.82, 2.24) is 5.32 Å². The molecule has 0 bridgehead atoms. The molecule has 0 radical (unpaired) electrons. The number of hydrogen-bond acceptors (Lipinski definition) is 2. The van der Waals surface area contributed by atoms with Gasteiger partial charge in [0.15, 0.2) is 5.96 Å². The molecule has 0 aromatic heterocycles. The van der Waals surface area contributed by atoms with Gasteiger partial charge in [0.25, 0.3) is 0 Å². The summed E-state index contributed by atoms with van der Waals surface area (Å²) in [5.41, 5.74) is 6.92. The third-order valence-electron chi connectivity index (χ3n) is 2.50. The summed E-state index contributed by atoms with van der Waals surface area (Å²) in [4.78, 5) is 4.31. The maximum atomic E-state index is 5.72. The first-order valence-corrected chi connectivity index (χ1v) is 5.28. The van der Waals surface area contributed by atoms with E-state index in [0.29, 0.717) is 12.5 Å². The minimum absolute atomic E-state index is 0.162. The summed E-state index contributed by atoms with van der Waals surface area (Å²) >= 11 is 0. The molecule has 4 heteroatoms. The van der Waals surface area contributed by atoms with E-state index in [1.54, 1.807) is 0 Å². The van der Waals surface area contributed by atoms with Crippen LogP contribution in [0.5, 0.6) is 0 Å². The molecular weight excluding hydrogens is 190 g/mol. The lowest BCUT2D eigenvalue weighted by atomic mass is 9.90. The quantitative estimate of drug-likeness (QED) is 0.412. The largest absolute Gasteiger partial charge is 0.381 e. The fourth-order valence-electron chi connectivity index (χ4n) is 1.41. The van der Waals surface area contributed by atoms with Gasteiger partial charge in [0.05, 0.1) is 13.2 Å². The lowest BCUT2D eigenvalue weighted by Gasteiger charge is -2.18. The van der Waals surface area contributed by atoms with E-state index in [0.717, 1.165) is 31.8 Å². The van der Waals surface area contributed by atoms with Crippen molar-refractivity contribution in [2.24, 2.45) is 16.1 Å². The van der Waals surface area contributed by atoms with Crippen LogP contribution in [-0.2, 0) is 4.74 Å². The van der Waals surface area contributed by atoms with E-state index in [1.807, 2.05) is 6.92 Å². The molecule has 0 aromatic rings. The lowest BCUT2D eigenvalue weighted by molar-refractivity contribution is 0.163. The normalized spacial score (nSPS) is 26.7. The maximum Gasteiger partial charge on any atom is 0.188 e. The van der Waals surface area contributed by atoms with Crippen LogP contribution in [-0.4, -0.2) is 32.3 Å². The van der Waals surface area contributed by atoms with E-state index in [1.165, 1.54) is 0 Å². The summed E-state index contributed by atoms with van der Waals surface area (Å²) < 4.78 is 5.35. The van der Waals surface area contributed by atoms with E-state index in [4.69, 9.17) is 10.5 Å². The minimum atomic E-state index is 0.162. The molecule has 0 spiro atoms. The van der Waals surface area contributed by atoms with Gasteiger partial charge in [0, 0.05) is 18.6 Å². The van der Waals surface area contributed by atoms with E-state index in [9.17, 15) is 0 Å². The highest BCUT2D eigenvalue weighted by atomic mass is 16.5. The van der Waals surface area contributed by atoms with E-state index < -0.39 is 0 Å². The molecule has 3 N–H and O–H groups in total. The number of nitrogens with one attached hydrogen (secondary N) is 1. The van der Waals surface area contributed by atoms with Crippen molar-refractivity contribution in [3.63, 3.8) is 0 Å². The van der Waals surface area contributed by atoms with Crippen LogP contribution in [0.15, 0.2) is 17.1 Å². The minimum Gasteiger partial charge on any atom is -0.381 e. The highest BCUT2D eigenvalue weighted by Crippen LogP contribution is 2.27. The molecule has 0 saturated carbocycles. The van der Waals surface area contributed by atoms with Gasteiger partial charge in [-0.05, 0) is 13.3 Å². The van der Waals surface area contributed by atoms with Crippen molar-refractivity contribution in [2.75, 3.05) is 26.3 Å². The molecule has 0 aromatic carbocycles. The third kappa shape index (κ3) is 4.34. The molecule has 1 aliphatic heterocycles. The van der Waals surface area contributed by atoms with E-state index in [-0.39, 0.29) is 5.41 Å². The number of nitrogens with zero attached hydrogens (tertiary/aromatic N) is 1. The number of aliphatic imine (C=N–C) groups is 1. The first-order chi connectivity index (χ1) is 7.02. The Morgan fingerprint density at radius 3 is 2.93 bits per heavy atom. The number of hydrogen-bond donors (Lipinski definition) is 2. The predicted octanol–water partition coefficient (Wildman–Crippen LogP) is 0.893. The van der Waals surface area contributed by atoms with Gasteiger partial charge in [-0.1, -0.05) is 19.1 Å². The molecule has 1 aliphatic rings. The number of guanidine groups is 1. The molecular formula is C11H21N3O. The van der Waals surface area contributed by atoms with Gasteiger partial charge in [0.1, 0.15) is 0 Å². The zero-order valence-corrected chi connectivity index (χ0v) is 9.68. The Labute approximate surface area is 91.6 Å². The van der Waals surface area contributed by atoms with Crippen LogP contribution in [0.25, 0.3) is 0 Å². The molecule has 0 amide bonds. The molecule has 0 aliphatic carbocycles. The smallest absolute Gasteiger partial charge is 0.188 e. The lowest BCUT2D eigenvalue weighted by Crippen LogP contribution is -2.34. The van der Waals surface area contributed by atoms with Crippen LogP contribution in [0.3, 0.4) is 0 Å². The first kappa shape index (κ1) is 12.0. The van der Waals surface area contributed by atoms with Crippen LogP contribution in [0.2, 0.25) is 0 Å². The Balaban J connectivity index is 2.32. The third-order valence-corrected chi connectivity index (χ3v) is 2.50. The summed E-state index contributed by atoms with van der Waals surface area (Å²) in [5, 5.41) is 3.01. The van der Waals surface area contributed by atoms with E-state index in [2.05, 4.69) is 23.8 Å². The van der Waals surface area contributed by atoms with Crippen LogP contribution in [0.1, 0.15) is 20.3 Å². The van der Waals surface area contributed by atoms with Gasteiger partial charge < -0.3 is 15.8 Å². The molecule has 15 heavy (non-hydrogen) atoms. The summed E-state index contributed by atoms with van der Waals surface area (Å²) in [6.45, 7) is 10.9. The van der Waals surface area contributed by atoms with Gasteiger partial charge in [-0.25, -0.2) is 0 Å². The van der Waals surface area contributed by atoms with Crippen LogP contribution in [0, 0.1) is 5.41 Å². The van der Waals surface area contributed by atoms with Crippen LogP contribution < -0.4 is 11.1 Å². The molecule has 1 saturated heterocycles. The Morgan fingerprint density at radius 1 is 1.67 bits per heavy atom. The standard InChI is InChI=1S/C11H21N3O/c1-9(2)6-13-10(12)14-7-11(3)4-5-15-8-11/h1,4-8H2,2-3H3,(H3,12,13,14). The maximum absolute atomic E-state index is 5.72. The molecule has 1 fully saturated rings. The molecule has 1 atom stereocenters. The van der Waals surface area contributed by atoms with Gasteiger partial charge in [-0.3, -0.25) is 4.99 Å². The Kier molecular flexibility index (Phi) is 4.15. The molecule has 1 heterocycles. The summed E-state index contributed by atoms with van der Waals surface area (Å²) in [5.74, 6) is 0.492. The molecule has 1 rings (SSSR count). The monoisotopic (exact) mass is 211 g/mol. The Bertz CT molecular complexity index is 255. The average molecular weight is 211 g/mol. The second-order valence-corrected chi connectivity index (χ2v) is 4.63. The highest BCUT2D eigenvalue weighted by Gasteiger charge is 2.29. The van der Waals surface area contributed by atoms with Crippen molar-refractivity contribution < 1.29 is 4.74 Å². The Morgan fingerprint density at radius 2 is 2.40 bits per heavy atom. The molecule has 4 nitrogen and oxygen atoms in total. The first-order valence-electron chi connectivity index (χ1n) is 5.28. The van der Waals surface area contributed by atoms with Gasteiger partial charge in [-0.2, -0.15) is 0 Å². The zero-order chi connectivity index (χ0) is 11.3. The van der Waals surface area contributed by atoms with Crippen LogP contribution in [0.4, 0.5) is 0 Å². The predicted molar refractivity (Wildman–Crippen MR) is 62.8 cm³/mol. The fourth-order valence-corrected chi connectivity index (χ4v) is 1.41. The SMILES string of the molecule is C=C(C)CNC(N)=NCC1(C)CCOC1. The van der Waals surface area contributed by atoms with Crippen molar-refractivity contribution >= 4 is 5.96 Å². The topological polar surface area (TPSA) is 59.6 Å². The average Bonchev–Trinajstić information content (AvgIpc) is 2.60. The number of rotatable bonds is 4. The molecule has 86 valence electrons. The van der Waals surface area contributed by atoms with Crippen molar-refractivity contribution in [2.45, 2.75) is 20.3 Å². The summed E-state index contributed by atoms with van der Waals surface area (Å²) in [6.07, 6.45) is 1.06. The van der Waals surface area contributed by atoms with Crippen LogP contribution >= 0.6 is 0 Å². The summed E-state index contributed by atoms with van der Waals surface area (Å²) in [6, 6.07) is 0. The van der Waals surface area contributed by atoms with Gasteiger partial charge in [-0.15, -0.1) is 0 Å². The number of ether oxygens (including phenoxy) is 1. The fraction of sp³-hybridized carbons (Fsp3) is 0.727. The van der Waals surface area contributed by atoms with Gasteiger partial charge in [0.2, 0.25) is 0 Å². The van der Waals surface area contributed by atoms with Crippen molar-refractivity contribution in [3.8, 4) is 0 Å². The van der Waals surface area contributed by atoms with E-state index >= 15 is 0 Å².